The third-order valence-corrected chi connectivity index (χ3v) is 6.24. The van der Waals surface area contributed by atoms with Gasteiger partial charge in [-0.1, -0.05) is 30.3 Å². The van der Waals surface area contributed by atoms with Gasteiger partial charge in [0.1, 0.15) is 21.6 Å². The summed E-state index contributed by atoms with van der Waals surface area (Å²) in [5.74, 6) is 0.846. The molecule has 2 aromatic rings. The monoisotopic (exact) mass is 472 g/mol. The Bertz CT molecular complexity index is 827. The summed E-state index contributed by atoms with van der Waals surface area (Å²) >= 11 is 0. The van der Waals surface area contributed by atoms with E-state index in [1.165, 1.54) is 18.2 Å². The summed E-state index contributed by atoms with van der Waals surface area (Å²) in [6, 6.07) is 14.6. The van der Waals surface area contributed by atoms with Crippen molar-refractivity contribution in [2.24, 2.45) is 0 Å². The molecule has 0 saturated heterocycles. The molecule has 0 aliphatic heterocycles. The fraction of sp³-hybridized carbons (Fsp3) is 0.143. The first-order valence-electron chi connectivity index (χ1n) is 6.44. The van der Waals surface area contributed by atoms with Gasteiger partial charge in [0.15, 0.2) is 0 Å². The Hall–Kier alpha value is 3.21. The van der Waals surface area contributed by atoms with Crippen LogP contribution in [0.3, 0.4) is 0 Å². The van der Waals surface area contributed by atoms with Crippen LogP contribution in [0.5, 0.6) is 11.5 Å². The van der Waals surface area contributed by atoms with Crippen LogP contribution in [-0.4, -0.2) is 18.0 Å². The molecule has 1 unspecified atom stereocenters. The minimum atomic E-state index is -5.59. The minimum Gasteiger partial charge on any atom is -0.810 e. The zero-order chi connectivity index (χ0) is 17.1. The fourth-order valence-electron chi connectivity index (χ4n) is 1.93. The van der Waals surface area contributed by atoms with Gasteiger partial charge in [0.2, 0.25) is 0 Å². The molecule has 2 rings (SSSR count). The molecular formula is C14H12K3O7PS. The van der Waals surface area contributed by atoms with E-state index < -0.39 is 29.1 Å². The van der Waals surface area contributed by atoms with E-state index in [1.54, 1.807) is 36.4 Å². The molecular weight excluding hydrogens is 460 g/mol. The van der Waals surface area contributed by atoms with Crippen LogP contribution in [0.1, 0.15) is 5.56 Å². The second kappa shape index (κ2) is 14.3. The quantitative estimate of drug-likeness (QED) is 0.232. The van der Waals surface area contributed by atoms with E-state index in [2.05, 4.69) is 0 Å². The van der Waals surface area contributed by atoms with E-state index in [-0.39, 0.29) is 160 Å². The fourth-order valence-corrected chi connectivity index (χ4v) is 4.03. The number of hydrogen-bond donors (Lipinski definition) is 0. The van der Waals surface area contributed by atoms with Crippen molar-refractivity contribution >= 4 is 17.7 Å². The molecule has 1 atom stereocenters. The maximum atomic E-state index is 11.0. The van der Waals surface area contributed by atoms with Crippen LogP contribution in [0.25, 0.3) is 0 Å². The van der Waals surface area contributed by atoms with E-state index >= 15 is 0 Å². The van der Waals surface area contributed by atoms with Crippen molar-refractivity contribution in [1.29, 1.82) is 0 Å². The third kappa shape index (κ3) is 11.0. The van der Waals surface area contributed by atoms with E-state index in [4.69, 9.17) is 4.74 Å². The average molecular weight is 473 g/mol. The number of rotatable bonds is 6. The van der Waals surface area contributed by atoms with Gasteiger partial charge < -0.3 is 23.6 Å². The van der Waals surface area contributed by atoms with E-state index in [1.807, 2.05) is 0 Å². The molecule has 0 heterocycles. The van der Waals surface area contributed by atoms with E-state index in [0.29, 0.717) is 11.5 Å². The first kappa shape index (κ1) is 31.4. The molecule has 26 heavy (non-hydrogen) atoms. The SMILES string of the molecule is O=P([O-])([O-])C(Cc1cccc(Oc2ccccc2)c1)S(=O)(=O)[O-].[K+].[K+].[K+]. The van der Waals surface area contributed by atoms with Gasteiger partial charge in [-0.15, -0.1) is 0 Å². The van der Waals surface area contributed by atoms with Crippen molar-refractivity contribution in [2.45, 2.75) is 11.4 Å². The Balaban J connectivity index is 0. The van der Waals surface area contributed by atoms with Gasteiger partial charge in [0, 0.05) is 0 Å². The topological polar surface area (TPSA) is 130 Å². The standard InChI is InChI=1S/C14H15O7PS.3K/c15-22(16,17)14(23(18,19)20)10-11-5-4-8-13(9-11)21-12-6-2-1-3-7-12;;;/h1-9,14H,10H2,(H2,15,16,17)(H,18,19,20);;;/q;3*+1/p-3. The smallest absolute Gasteiger partial charge is 0.810 e. The van der Waals surface area contributed by atoms with Crippen molar-refractivity contribution in [1.82, 2.24) is 0 Å². The summed E-state index contributed by atoms with van der Waals surface area (Å²) in [5, 5.41) is 0. The van der Waals surface area contributed by atoms with Crippen molar-refractivity contribution in [3.63, 3.8) is 0 Å². The number of benzene rings is 2. The van der Waals surface area contributed by atoms with E-state index in [0.717, 1.165) is 0 Å². The van der Waals surface area contributed by atoms with Crippen molar-refractivity contribution < 1.29 is 186 Å². The van der Waals surface area contributed by atoms with Crippen LogP contribution in [-0.2, 0) is 21.1 Å². The molecule has 0 saturated carbocycles. The zero-order valence-electron chi connectivity index (χ0n) is 14.7. The summed E-state index contributed by atoms with van der Waals surface area (Å²) in [4.78, 5) is 19.5. The van der Waals surface area contributed by atoms with Crippen molar-refractivity contribution in [2.75, 3.05) is 0 Å². The van der Waals surface area contributed by atoms with Crippen LogP contribution in [0.4, 0.5) is 0 Å². The number of para-hydroxylation sites is 1. The number of hydrogen-bond acceptors (Lipinski definition) is 7. The van der Waals surface area contributed by atoms with Crippen LogP contribution >= 0.6 is 7.60 Å². The first-order valence-corrected chi connectivity index (χ1v) is 9.53. The van der Waals surface area contributed by atoms with Gasteiger partial charge >= 0.3 is 154 Å². The molecule has 2 aromatic carbocycles. The number of ether oxygens (including phenoxy) is 1. The summed E-state index contributed by atoms with van der Waals surface area (Å²) in [6.45, 7) is 0. The molecule has 0 bridgehead atoms. The predicted molar refractivity (Wildman–Crippen MR) is 77.8 cm³/mol. The predicted octanol–water partition coefficient (Wildman–Crippen LogP) is -8.18. The second-order valence-electron chi connectivity index (χ2n) is 4.75. The Morgan fingerprint density at radius 3 is 1.96 bits per heavy atom. The van der Waals surface area contributed by atoms with Crippen LogP contribution < -0.4 is 169 Å². The Morgan fingerprint density at radius 2 is 1.46 bits per heavy atom. The molecule has 12 heteroatoms. The average Bonchev–Trinajstić information content (AvgIpc) is 2.44. The Kier molecular flexibility index (Phi) is 17.3. The molecule has 0 fully saturated rings. The molecule has 0 aliphatic rings. The summed E-state index contributed by atoms with van der Waals surface area (Å²) < 4.78 is 49.5. The van der Waals surface area contributed by atoms with Gasteiger partial charge in [-0.25, -0.2) is 8.42 Å². The van der Waals surface area contributed by atoms with Gasteiger partial charge in [0.25, 0.3) is 0 Å². The maximum Gasteiger partial charge on any atom is 1.00 e. The molecule has 124 valence electrons. The minimum absolute atomic E-state index is 0. The van der Waals surface area contributed by atoms with Crippen LogP contribution in [0.2, 0.25) is 0 Å². The third-order valence-electron chi connectivity index (χ3n) is 2.97. The molecule has 7 nitrogen and oxygen atoms in total. The normalized spacial score (nSPS) is 12.0. The zero-order valence-corrected chi connectivity index (χ0v) is 25.8. The van der Waals surface area contributed by atoms with Crippen LogP contribution in [0, 0.1) is 0 Å². The molecule has 0 aromatic heterocycles. The van der Waals surface area contributed by atoms with E-state index in [9.17, 15) is 27.3 Å². The van der Waals surface area contributed by atoms with Gasteiger partial charge in [-0.3, -0.25) is 0 Å². The summed E-state index contributed by atoms with van der Waals surface area (Å²) in [7, 11) is -10.9. The van der Waals surface area contributed by atoms with Crippen molar-refractivity contribution in [3.05, 3.63) is 60.2 Å². The van der Waals surface area contributed by atoms with Gasteiger partial charge in [0.05, 0.1) is 4.99 Å². The Morgan fingerprint density at radius 1 is 0.923 bits per heavy atom. The van der Waals surface area contributed by atoms with Gasteiger partial charge in [-0.2, -0.15) is 0 Å². The molecule has 0 spiro atoms. The summed E-state index contributed by atoms with van der Waals surface area (Å²) in [6.07, 6.45) is -0.720. The first-order chi connectivity index (χ1) is 10.7. The molecule has 0 amide bonds. The molecule has 0 N–H and O–H groups in total. The molecule has 0 radical (unpaired) electrons. The van der Waals surface area contributed by atoms with Crippen molar-refractivity contribution in [3.8, 4) is 11.5 Å². The largest absolute Gasteiger partial charge is 1.00 e. The second-order valence-corrected chi connectivity index (χ2v) is 8.36. The summed E-state index contributed by atoms with van der Waals surface area (Å²) in [5.41, 5.74) is 0.190. The Labute approximate surface area is 280 Å². The van der Waals surface area contributed by atoms with Crippen LogP contribution in [0.15, 0.2) is 54.6 Å². The molecule has 0 aliphatic carbocycles. The van der Waals surface area contributed by atoms with Gasteiger partial charge in [-0.05, 0) is 43.8 Å². The maximum absolute atomic E-state index is 11.0.